The van der Waals surface area contributed by atoms with Crippen LogP contribution in [0.25, 0.3) is 0 Å². The van der Waals surface area contributed by atoms with Crippen molar-refractivity contribution >= 4 is 11.8 Å². The number of fused-ring (bicyclic) bond motifs is 1. The molecule has 130 valence electrons. The minimum absolute atomic E-state index is 0.0306. The first-order chi connectivity index (χ1) is 11.6. The number of carbonyl (C=O) groups is 2. The maximum absolute atomic E-state index is 12.9. The zero-order valence-electron chi connectivity index (χ0n) is 14.5. The Labute approximate surface area is 143 Å². The van der Waals surface area contributed by atoms with Gasteiger partial charge in [-0.15, -0.1) is 0 Å². The summed E-state index contributed by atoms with van der Waals surface area (Å²) in [6, 6.07) is 8.11. The molecule has 5 heteroatoms. The predicted molar refractivity (Wildman–Crippen MR) is 93.5 cm³/mol. The van der Waals surface area contributed by atoms with Crippen LogP contribution in [0, 0.1) is 5.92 Å². The lowest BCUT2D eigenvalue weighted by molar-refractivity contribution is -0.137. The van der Waals surface area contributed by atoms with Gasteiger partial charge in [0, 0.05) is 31.6 Å². The number of nitrogens with zero attached hydrogens (tertiary/aromatic N) is 1. The molecule has 2 aliphatic heterocycles. The molecule has 5 nitrogen and oxygen atoms in total. The van der Waals surface area contributed by atoms with E-state index in [1.165, 1.54) is 5.56 Å². The zero-order chi connectivity index (χ0) is 17.1. The van der Waals surface area contributed by atoms with Crippen LogP contribution in [0.5, 0.6) is 0 Å². The molecule has 1 atom stereocenters. The van der Waals surface area contributed by atoms with Gasteiger partial charge in [0.1, 0.15) is 6.04 Å². The number of hydrogen-bond donors (Lipinski definition) is 2. The summed E-state index contributed by atoms with van der Waals surface area (Å²) in [5, 5.41) is 6.34. The van der Waals surface area contributed by atoms with Crippen LogP contribution < -0.4 is 10.6 Å². The fourth-order valence-electron chi connectivity index (χ4n) is 3.67. The topological polar surface area (TPSA) is 61.4 Å². The van der Waals surface area contributed by atoms with E-state index in [0.717, 1.165) is 31.4 Å². The Morgan fingerprint density at radius 1 is 1.21 bits per heavy atom. The molecule has 1 fully saturated rings. The molecular formula is C19H27N3O2. The normalized spacial score (nSPS) is 21.5. The van der Waals surface area contributed by atoms with Gasteiger partial charge in [0.05, 0.1) is 0 Å². The molecule has 0 radical (unpaired) electrons. The van der Waals surface area contributed by atoms with Crippen molar-refractivity contribution < 1.29 is 9.59 Å². The van der Waals surface area contributed by atoms with Gasteiger partial charge in [-0.05, 0) is 44.2 Å². The van der Waals surface area contributed by atoms with Crippen molar-refractivity contribution in [1.82, 2.24) is 15.5 Å². The van der Waals surface area contributed by atoms with E-state index >= 15 is 0 Å². The van der Waals surface area contributed by atoms with Crippen LogP contribution in [0.4, 0.5) is 0 Å². The Morgan fingerprint density at radius 3 is 2.62 bits per heavy atom. The van der Waals surface area contributed by atoms with Crippen molar-refractivity contribution in [3.63, 3.8) is 0 Å². The number of rotatable bonds is 3. The highest BCUT2D eigenvalue weighted by atomic mass is 16.2. The minimum atomic E-state index is -0.240. The van der Waals surface area contributed by atoms with Gasteiger partial charge in [-0.25, -0.2) is 0 Å². The molecule has 24 heavy (non-hydrogen) atoms. The summed E-state index contributed by atoms with van der Waals surface area (Å²) in [6.45, 7) is 6.11. The van der Waals surface area contributed by atoms with E-state index in [0.29, 0.717) is 13.1 Å². The molecule has 0 aromatic heterocycles. The first-order valence-corrected chi connectivity index (χ1v) is 8.96. The molecule has 2 N–H and O–H groups in total. The van der Waals surface area contributed by atoms with Crippen LogP contribution in [0.3, 0.4) is 0 Å². The number of hydrogen-bond acceptors (Lipinski definition) is 3. The van der Waals surface area contributed by atoms with Gasteiger partial charge >= 0.3 is 0 Å². The van der Waals surface area contributed by atoms with Crippen LogP contribution in [0.15, 0.2) is 24.3 Å². The molecule has 1 saturated heterocycles. The van der Waals surface area contributed by atoms with Crippen molar-refractivity contribution in [2.24, 2.45) is 5.92 Å². The third-order valence-electron chi connectivity index (χ3n) is 4.96. The molecule has 1 aromatic rings. The summed E-state index contributed by atoms with van der Waals surface area (Å²) in [5.41, 5.74) is 2.37. The second-order valence-electron chi connectivity index (χ2n) is 7.10. The first kappa shape index (κ1) is 17.0. The predicted octanol–water partition coefficient (Wildman–Crippen LogP) is 1.64. The van der Waals surface area contributed by atoms with E-state index in [4.69, 9.17) is 0 Å². The highest BCUT2D eigenvalue weighted by Crippen LogP contribution is 2.26. The number of piperidine rings is 1. The molecule has 0 saturated carbocycles. The summed E-state index contributed by atoms with van der Waals surface area (Å²) in [6.07, 6.45) is 2.47. The average Bonchev–Trinajstić information content (AvgIpc) is 2.60. The molecule has 0 unspecified atom stereocenters. The Bertz CT molecular complexity index is 606. The lowest BCUT2D eigenvalue weighted by atomic mass is 9.91. The number of amides is 2. The van der Waals surface area contributed by atoms with E-state index < -0.39 is 0 Å². The summed E-state index contributed by atoms with van der Waals surface area (Å²) in [5.74, 6) is 0.297. The fraction of sp³-hybridized carbons (Fsp3) is 0.579. The van der Waals surface area contributed by atoms with Crippen molar-refractivity contribution in [2.45, 2.75) is 45.2 Å². The van der Waals surface area contributed by atoms with Crippen molar-refractivity contribution in [2.75, 3.05) is 19.6 Å². The fourth-order valence-corrected chi connectivity index (χ4v) is 3.67. The van der Waals surface area contributed by atoms with Crippen molar-refractivity contribution in [3.8, 4) is 0 Å². The van der Waals surface area contributed by atoms with Crippen molar-refractivity contribution in [1.29, 1.82) is 0 Å². The molecule has 2 heterocycles. The maximum Gasteiger partial charge on any atom is 0.244 e. The van der Waals surface area contributed by atoms with Crippen molar-refractivity contribution in [3.05, 3.63) is 35.4 Å². The lowest BCUT2D eigenvalue weighted by Crippen LogP contribution is -2.48. The molecule has 2 aliphatic rings. The summed E-state index contributed by atoms with van der Waals surface area (Å²) < 4.78 is 0. The van der Waals surface area contributed by atoms with Crippen LogP contribution >= 0.6 is 0 Å². The van der Waals surface area contributed by atoms with Crippen LogP contribution in [-0.4, -0.2) is 42.4 Å². The van der Waals surface area contributed by atoms with E-state index in [9.17, 15) is 9.59 Å². The van der Waals surface area contributed by atoms with Gasteiger partial charge in [0.25, 0.3) is 0 Å². The van der Waals surface area contributed by atoms with Gasteiger partial charge in [-0.2, -0.15) is 0 Å². The molecular weight excluding hydrogens is 302 g/mol. The van der Waals surface area contributed by atoms with Gasteiger partial charge in [-0.3, -0.25) is 9.59 Å². The smallest absolute Gasteiger partial charge is 0.244 e. The Kier molecular flexibility index (Phi) is 5.19. The SMILES string of the molecule is CC(C)NC(=O)C1CCN(C(=O)[C@H]2NCCc3ccccc32)CC1. The largest absolute Gasteiger partial charge is 0.354 e. The number of likely N-dealkylation sites (tertiary alicyclic amines) is 1. The van der Waals surface area contributed by atoms with Crippen LogP contribution in [0.2, 0.25) is 0 Å². The number of nitrogens with one attached hydrogen (secondary N) is 2. The second kappa shape index (κ2) is 7.34. The Balaban J connectivity index is 1.61. The van der Waals surface area contributed by atoms with E-state index in [1.807, 2.05) is 36.9 Å². The lowest BCUT2D eigenvalue weighted by Gasteiger charge is -2.36. The number of benzene rings is 1. The van der Waals surface area contributed by atoms with Crippen LogP contribution in [-0.2, 0) is 16.0 Å². The minimum Gasteiger partial charge on any atom is -0.354 e. The maximum atomic E-state index is 12.9. The molecule has 0 spiro atoms. The number of carbonyl (C=O) groups excluding carboxylic acids is 2. The molecule has 0 aliphatic carbocycles. The summed E-state index contributed by atoms with van der Waals surface area (Å²) >= 11 is 0. The summed E-state index contributed by atoms with van der Waals surface area (Å²) in [7, 11) is 0. The highest BCUT2D eigenvalue weighted by molar-refractivity contribution is 5.85. The van der Waals surface area contributed by atoms with E-state index in [-0.39, 0.29) is 29.8 Å². The Morgan fingerprint density at radius 2 is 1.92 bits per heavy atom. The average molecular weight is 329 g/mol. The van der Waals surface area contributed by atoms with Gasteiger partial charge < -0.3 is 15.5 Å². The standard InChI is InChI=1S/C19H27N3O2/c1-13(2)21-18(23)15-8-11-22(12-9-15)19(24)17-16-6-4-3-5-14(16)7-10-20-17/h3-6,13,15,17,20H,7-12H2,1-2H3,(H,21,23)/t17-/m0/s1. The third kappa shape index (κ3) is 3.61. The molecule has 2 amide bonds. The van der Waals surface area contributed by atoms with Gasteiger partial charge in [0.2, 0.25) is 11.8 Å². The van der Waals surface area contributed by atoms with E-state index in [2.05, 4.69) is 16.7 Å². The van der Waals surface area contributed by atoms with Crippen LogP contribution in [0.1, 0.15) is 43.9 Å². The second-order valence-corrected chi connectivity index (χ2v) is 7.10. The van der Waals surface area contributed by atoms with Gasteiger partial charge in [0.15, 0.2) is 0 Å². The third-order valence-corrected chi connectivity index (χ3v) is 4.96. The zero-order valence-corrected chi connectivity index (χ0v) is 14.5. The van der Waals surface area contributed by atoms with E-state index in [1.54, 1.807) is 0 Å². The molecule has 3 rings (SSSR count). The Hall–Kier alpha value is -1.88. The monoisotopic (exact) mass is 329 g/mol. The molecule has 0 bridgehead atoms. The quantitative estimate of drug-likeness (QED) is 0.886. The first-order valence-electron chi connectivity index (χ1n) is 8.96. The molecule has 1 aromatic carbocycles. The van der Waals surface area contributed by atoms with Gasteiger partial charge in [-0.1, -0.05) is 24.3 Å². The summed E-state index contributed by atoms with van der Waals surface area (Å²) in [4.78, 5) is 27.0. The highest BCUT2D eigenvalue weighted by Gasteiger charge is 2.33.